The van der Waals surface area contributed by atoms with Crippen LogP contribution in [0.1, 0.15) is 22.5 Å². The van der Waals surface area contributed by atoms with Gasteiger partial charge in [-0.05, 0) is 32.0 Å². The molecular weight excluding hydrogens is 244 g/mol. The Balaban J connectivity index is 2.09. The van der Waals surface area contributed by atoms with Gasteiger partial charge in [-0.15, -0.1) is 5.10 Å². The van der Waals surface area contributed by atoms with E-state index in [1.807, 2.05) is 6.92 Å². The highest BCUT2D eigenvalue weighted by molar-refractivity contribution is 6.04. The molecule has 2 aromatic rings. The van der Waals surface area contributed by atoms with Crippen LogP contribution in [0.4, 0.5) is 5.82 Å². The van der Waals surface area contributed by atoms with E-state index >= 15 is 0 Å². The molecule has 2 aromatic heterocycles. The van der Waals surface area contributed by atoms with Gasteiger partial charge in [0.2, 0.25) is 0 Å². The third-order valence-corrected chi connectivity index (χ3v) is 2.74. The molecule has 0 radical (unpaired) electrons. The SMILES string of the molecule is Cc1c(C(=O)Nc2cccnn2)cnn1CCCN. The standard InChI is InChI=1S/C12H16N6O/c1-9-10(8-15-18(9)7-3-5-13)12(19)16-11-4-2-6-14-17-11/h2,4,6,8H,3,5,7,13H2,1H3,(H,16,17,19). The number of carbonyl (C=O) groups excluding carboxylic acids is 1. The second-order valence-electron chi connectivity index (χ2n) is 4.07. The topological polar surface area (TPSA) is 98.7 Å². The third-order valence-electron chi connectivity index (χ3n) is 2.74. The first-order valence-electron chi connectivity index (χ1n) is 6.04. The summed E-state index contributed by atoms with van der Waals surface area (Å²) in [4.78, 5) is 12.1. The zero-order valence-corrected chi connectivity index (χ0v) is 10.7. The Morgan fingerprint density at radius 2 is 2.37 bits per heavy atom. The summed E-state index contributed by atoms with van der Waals surface area (Å²) in [6.45, 7) is 3.16. The fourth-order valence-corrected chi connectivity index (χ4v) is 1.69. The van der Waals surface area contributed by atoms with Gasteiger partial charge in [0.1, 0.15) is 0 Å². The summed E-state index contributed by atoms with van der Waals surface area (Å²) in [5.74, 6) is 0.179. The van der Waals surface area contributed by atoms with Crippen molar-refractivity contribution in [2.24, 2.45) is 5.73 Å². The predicted octanol–water partition coefficient (Wildman–Crippen LogP) is 0.583. The minimum absolute atomic E-state index is 0.239. The molecule has 0 aliphatic heterocycles. The average molecular weight is 260 g/mol. The van der Waals surface area contributed by atoms with Gasteiger partial charge in [-0.1, -0.05) is 0 Å². The van der Waals surface area contributed by atoms with Crippen molar-refractivity contribution in [3.05, 3.63) is 35.8 Å². The third kappa shape index (κ3) is 3.14. The van der Waals surface area contributed by atoms with Crippen LogP contribution in [0, 0.1) is 6.92 Å². The van der Waals surface area contributed by atoms with Gasteiger partial charge < -0.3 is 11.1 Å². The van der Waals surface area contributed by atoms with E-state index in [4.69, 9.17) is 5.73 Å². The normalized spacial score (nSPS) is 10.4. The summed E-state index contributed by atoms with van der Waals surface area (Å²) in [5.41, 5.74) is 6.80. The minimum atomic E-state index is -0.239. The summed E-state index contributed by atoms with van der Waals surface area (Å²) in [6, 6.07) is 3.39. The lowest BCUT2D eigenvalue weighted by Gasteiger charge is -2.05. The van der Waals surface area contributed by atoms with Crippen LogP contribution in [0.2, 0.25) is 0 Å². The molecule has 2 heterocycles. The molecule has 0 aliphatic carbocycles. The van der Waals surface area contributed by atoms with E-state index in [1.54, 1.807) is 29.2 Å². The van der Waals surface area contributed by atoms with Crippen molar-refractivity contribution < 1.29 is 4.79 Å². The molecule has 100 valence electrons. The lowest BCUT2D eigenvalue weighted by atomic mass is 10.2. The van der Waals surface area contributed by atoms with Crippen molar-refractivity contribution in [1.29, 1.82) is 0 Å². The van der Waals surface area contributed by atoms with Gasteiger partial charge in [-0.2, -0.15) is 10.2 Å². The lowest BCUT2D eigenvalue weighted by molar-refractivity contribution is 0.102. The van der Waals surface area contributed by atoms with Crippen LogP contribution in [0.3, 0.4) is 0 Å². The average Bonchev–Trinajstić information content (AvgIpc) is 2.79. The molecule has 0 saturated heterocycles. The van der Waals surface area contributed by atoms with E-state index in [2.05, 4.69) is 20.6 Å². The maximum Gasteiger partial charge on any atom is 0.260 e. The van der Waals surface area contributed by atoms with Crippen LogP contribution in [-0.4, -0.2) is 32.4 Å². The zero-order chi connectivity index (χ0) is 13.7. The maximum atomic E-state index is 12.1. The predicted molar refractivity (Wildman–Crippen MR) is 70.6 cm³/mol. The molecule has 0 atom stereocenters. The van der Waals surface area contributed by atoms with E-state index in [0.29, 0.717) is 24.5 Å². The maximum absolute atomic E-state index is 12.1. The van der Waals surface area contributed by atoms with E-state index in [1.165, 1.54) is 0 Å². The quantitative estimate of drug-likeness (QED) is 0.819. The van der Waals surface area contributed by atoms with Crippen molar-refractivity contribution in [3.8, 4) is 0 Å². The molecule has 0 unspecified atom stereocenters. The van der Waals surface area contributed by atoms with Crippen LogP contribution in [0.5, 0.6) is 0 Å². The van der Waals surface area contributed by atoms with Gasteiger partial charge >= 0.3 is 0 Å². The summed E-state index contributed by atoms with van der Waals surface area (Å²) in [5, 5.41) is 14.4. The number of rotatable bonds is 5. The number of hydrogen-bond donors (Lipinski definition) is 2. The molecule has 3 N–H and O–H groups in total. The van der Waals surface area contributed by atoms with E-state index in [-0.39, 0.29) is 5.91 Å². The first kappa shape index (κ1) is 13.2. The highest BCUT2D eigenvalue weighted by Crippen LogP contribution is 2.10. The largest absolute Gasteiger partial charge is 0.330 e. The monoisotopic (exact) mass is 260 g/mol. The molecule has 0 aromatic carbocycles. The van der Waals surface area contributed by atoms with Gasteiger partial charge in [0.25, 0.3) is 5.91 Å². The van der Waals surface area contributed by atoms with Crippen molar-refractivity contribution >= 4 is 11.7 Å². The number of nitrogens with zero attached hydrogens (tertiary/aromatic N) is 4. The summed E-state index contributed by atoms with van der Waals surface area (Å²) in [6.07, 6.45) is 3.93. The molecule has 0 saturated carbocycles. The first-order valence-corrected chi connectivity index (χ1v) is 6.04. The molecule has 19 heavy (non-hydrogen) atoms. The van der Waals surface area contributed by atoms with Crippen molar-refractivity contribution in [3.63, 3.8) is 0 Å². The minimum Gasteiger partial charge on any atom is -0.330 e. The molecule has 7 nitrogen and oxygen atoms in total. The van der Waals surface area contributed by atoms with Crippen LogP contribution in [0.15, 0.2) is 24.5 Å². The van der Waals surface area contributed by atoms with Crippen molar-refractivity contribution in [2.45, 2.75) is 19.9 Å². The molecule has 0 fully saturated rings. The molecule has 0 aliphatic rings. The van der Waals surface area contributed by atoms with Crippen molar-refractivity contribution in [1.82, 2.24) is 20.0 Å². The highest BCUT2D eigenvalue weighted by Gasteiger charge is 2.14. The Hall–Kier alpha value is -2.28. The van der Waals surface area contributed by atoms with Gasteiger partial charge in [-0.3, -0.25) is 9.48 Å². The number of hydrogen-bond acceptors (Lipinski definition) is 5. The fraction of sp³-hybridized carbons (Fsp3) is 0.333. The number of amides is 1. The number of aromatic nitrogens is 4. The van der Waals surface area contributed by atoms with E-state index in [0.717, 1.165) is 12.1 Å². The number of anilines is 1. The van der Waals surface area contributed by atoms with Crippen LogP contribution in [-0.2, 0) is 6.54 Å². The van der Waals surface area contributed by atoms with Crippen LogP contribution >= 0.6 is 0 Å². The Morgan fingerprint density at radius 1 is 1.53 bits per heavy atom. The Kier molecular flexibility index (Phi) is 4.19. The second kappa shape index (κ2) is 6.05. The van der Waals surface area contributed by atoms with Crippen LogP contribution < -0.4 is 11.1 Å². The summed E-state index contributed by atoms with van der Waals surface area (Å²) < 4.78 is 1.78. The molecule has 1 amide bonds. The molecule has 0 bridgehead atoms. The fourth-order valence-electron chi connectivity index (χ4n) is 1.69. The van der Waals surface area contributed by atoms with Gasteiger partial charge in [-0.25, -0.2) is 0 Å². The van der Waals surface area contributed by atoms with Gasteiger partial charge in [0, 0.05) is 18.4 Å². The number of nitrogens with two attached hydrogens (primary N) is 1. The number of carbonyl (C=O) groups is 1. The van der Waals surface area contributed by atoms with Crippen LogP contribution in [0.25, 0.3) is 0 Å². The van der Waals surface area contributed by atoms with Gasteiger partial charge in [0.05, 0.1) is 11.8 Å². The van der Waals surface area contributed by atoms with E-state index < -0.39 is 0 Å². The molecule has 7 heteroatoms. The Morgan fingerprint density at radius 3 is 3.05 bits per heavy atom. The molecule has 0 spiro atoms. The summed E-state index contributed by atoms with van der Waals surface area (Å²) >= 11 is 0. The zero-order valence-electron chi connectivity index (χ0n) is 10.7. The lowest BCUT2D eigenvalue weighted by Crippen LogP contribution is -2.15. The van der Waals surface area contributed by atoms with Crippen molar-refractivity contribution in [2.75, 3.05) is 11.9 Å². The van der Waals surface area contributed by atoms with Gasteiger partial charge in [0.15, 0.2) is 5.82 Å². The van der Waals surface area contributed by atoms with E-state index in [9.17, 15) is 4.79 Å². The smallest absolute Gasteiger partial charge is 0.260 e. The Labute approximate surface area is 110 Å². The highest BCUT2D eigenvalue weighted by atomic mass is 16.1. The first-order chi connectivity index (χ1) is 9.22. The molecule has 2 rings (SSSR count). The Bertz CT molecular complexity index is 551. The second-order valence-corrected chi connectivity index (χ2v) is 4.07. The summed E-state index contributed by atoms with van der Waals surface area (Å²) in [7, 11) is 0. The number of aryl methyl sites for hydroxylation is 1. The molecular formula is C12H16N6O. The number of nitrogens with one attached hydrogen (secondary N) is 1.